The van der Waals surface area contributed by atoms with Gasteiger partial charge in [0, 0.05) is 35.0 Å². The number of nitrogens with one attached hydrogen (secondary N) is 1. The average Bonchev–Trinajstić information content (AvgIpc) is 3.48. The number of likely N-dealkylation sites (N-methyl/N-ethyl adjacent to an activating group) is 1. The largest absolute Gasteiger partial charge is 0.378 e. The van der Waals surface area contributed by atoms with Gasteiger partial charge in [0.05, 0.1) is 36.0 Å². The summed E-state index contributed by atoms with van der Waals surface area (Å²) in [6.07, 6.45) is 8.66. The van der Waals surface area contributed by atoms with Crippen LogP contribution in [0.15, 0.2) is 24.7 Å². The second-order valence-electron chi connectivity index (χ2n) is 11.0. The Hall–Kier alpha value is -2.77. The SMILES string of the molecule is CCN(C1CCC(c2ccc3[nH]c(-c4cn5ncnc5c(C)c4C)c(C(C)C)c3n2)CC1)C1COC1. The van der Waals surface area contributed by atoms with Crippen molar-refractivity contribution >= 4 is 16.7 Å². The minimum absolute atomic E-state index is 0.348. The van der Waals surface area contributed by atoms with E-state index in [1.165, 1.54) is 53.6 Å². The first-order valence-electron chi connectivity index (χ1n) is 13.6. The Morgan fingerprint density at radius 2 is 1.86 bits per heavy atom. The molecule has 0 atom stereocenters. The molecule has 7 nitrogen and oxygen atoms in total. The first-order valence-corrected chi connectivity index (χ1v) is 13.6. The summed E-state index contributed by atoms with van der Waals surface area (Å²) < 4.78 is 7.36. The van der Waals surface area contributed by atoms with Gasteiger partial charge in [-0.2, -0.15) is 5.10 Å². The average molecular weight is 487 g/mol. The Labute approximate surface area is 213 Å². The van der Waals surface area contributed by atoms with E-state index < -0.39 is 0 Å². The van der Waals surface area contributed by atoms with Crippen LogP contribution in [0.1, 0.15) is 80.7 Å². The minimum Gasteiger partial charge on any atom is -0.378 e. The molecule has 0 radical (unpaired) electrons. The van der Waals surface area contributed by atoms with E-state index in [0.717, 1.165) is 42.1 Å². The van der Waals surface area contributed by atoms with Crippen LogP contribution in [0.2, 0.25) is 0 Å². The van der Waals surface area contributed by atoms with Gasteiger partial charge in [-0.05, 0) is 75.3 Å². The van der Waals surface area contributed by atoms with E-state index >= 15 is 0 Å². The quantitative estimate of drug-likeness (QED) is 0.375. The highest BCUT2D eigenvalue weighted by molar-refractivity contribution is 5.89. The maximum atomic E-state index is 5.47. The molecule has 36 heavy (non-hydrogen) atoms. The zero-order chi connectivity index (χ0) is 25.0. The lowest BCUT2D eigenvalue weighted by Gasteiger charge is -2.44. The van der Waals surface area contributed by atoms with Crippen LogP contribution in [0.5, 0.6) is 0 Å². The van der Waals surface area contributed by atoms with Crippen molar-refractivity contribution in [3.05, 3.63) is 47.0 Å². The van der Waals surface area contributed by atoms with Crippen LogP contribution in [0.3, 0.4) is 0 Å². The van der Waals surface area contributed by atoms with E-state index in [9.17, 15) is 0 Å². The summed E-state index contributed by atoms with van der Waals surface area (Å²) in [5, 5.41) is 4.42. The fourth-order valence-electron chi connectivity index (χ4n) is 6.49. The van der Waals surface area contributed by atoms with E-state index in [-0.39, 0.29) is 0 Å². The Kier molecular flexibility index (Phi) is 6.08. The standard InChI is InChI=1S/C29H38N6O/c1-6-34(22-14-36-15-22)21-9-7-20(8-10-21)24-11-12-25-28(32-24)26(17(2)3)27(33-25)23-13-35-29(30-16-31-35)19(5)18(23)4/h11-13,16-17,20-22,33H,6-10,14-15H2,1-5H3. The van der Waals surface area contributed by atoms with E-state index in [0.29, 0.717) is 23.9 Å². The number of pyridine rings is 2. The molecule has 7 heteroatoms. The lowest BCUT2D eigenvalue weighted by Crippen LogP contribution is -2.53. The molecule has 4 aromatic rings. The molecule has 1 N–H and O–H groups in total. The summed E-state index contributed by atoms with van der Waals surface area (Å²) in [5.74, 6) is 0.886. The summed E-state index contributed by atoms with van der Waals surface area (Å²) in [6.45, 7) is 14.1. The van der Waals surface area contributed by atoms with Crippen molar-refractivity contribution in [1.29, 1.82) is 0 Å². The van der Waals surface area contributed by atoms with Crippen molar-refractivity contribution in [2.75, 3.05) is 19.8 Å². The molecular weight excluding hydrogens is 448 g/mol. The summed E-state index contributed by atoms with van der Waals surface area (Å²) in [6, 6.07) is 5.82. The van der Waals surface area contributed by atoms with Gasteiger partial charge in [-0.25, -0.2) is 9.50 Å². The van der Waals surface area contributed by atoms with E-state index in [1.54, 1.807) is 6.33 Å². The van der Waals surface area contributed by atoms with Crippen molar-refractivity contribution in [1.82, 2.24) is 29.5 Å². The molecule has 0 amide bonds. The zero-order valence-electron chi connectivity index (χ0n) is 22.2. The predicted octanol–water partition coefficient (Wildman–Crippen LogP) is 5.76. The topological polar surface area (TPSA) is 71.3 Å². The van der Waals surface area contributed by atoms with Crippen molar-refractivity contribution in [3.63, 3.8) is 0 Å². The van der Waals surface area contributed by atoms with Crippen LogP contribution < -0.4 is 0 Å². The van der Waals surface area contributed by atoms with E-state index in [4.69, 9.17) is 9.72 Å². The molecule has 2 aliphatic rings. The molecule has 4 aromatic heterocycles. The first kappa shape index (κ1) is 23.6. The number of aryl methyl sites for hydroxylation is 1. The van der Waals surface area contributed by atoms with Crippen molar-refractivity contribution < 1.29 is 4.74 Å². The fraction of sp³-hybridized carbons (Fsp3) is 0.552. The highest BCUT2D eigenvalue weighted by atomic mass is 16.5. The Morgan fingerprint density at radius 1 is 1.08 bits per heavy atom. The monoisotopic (exact) mass is 486 g/mol. The summed E-state index contributed by atoms with van der Waals surface area (Å²) in [7, 11) is 0. The van der Waals surface area contributed by atoms with Gasteiger partial charge in [-0.1, -0.05) is 20.8 Å². The summed E-state index contributed by atoms with van der Waals surface area (Å²) in [4.78, 5) is 16.2. The molecule has 1 saturated carbocycles. The minimum atomic E-state index is 0.348. The molecule has 190 valence electrons. The number of aromatic amines is 1. The second kappa shape index (κ2) is 9.27. The van der Waals surface area contributed by atoms with Gasteiger partial charge in [-0.3, -0.25) is 9.88 Å². The molecule has 1 saturated heterocycles. The molecule has 0 unspecified atom stereocenters. The number of ether oxygens (including phenoxy) is 1. The number of aromatic nitrogens is 5. The third kappa shape index (κ3) is 3.84. The Bertz CT molecular complexity index is 1390. The highest BCUT2D eigenvalue weighted by Crippen LogP contribution is 2.40. The van der Waals surface area contributed by atoms with Gasteiger partial charge in [0.15, 0.2) is 5.65 Å². The molecule has 1 aliphatic heterocycles. The van der Waals surface area contributed by atoms with E-state index in [2.05, 4.69) is 72.9 Å². The van der Waals surface area contributed by atoms with Crippen LogP contribution in [-0.4, -0.2) is 61.3 Å². The summed E-state index contributed by atoms with van der Waals surface area (Å²) >= 11 is 0. The number of fused-ring (bicyclic) bond motifs is 2. The number of H-pyrrole nitrogens is 1. The highest BCUT2D eigenvalue weighted by Gasteiger charge is 2.33. The Morgan fingerprint density at radius 3 is 2.53 bits per heavy atom. The van der Waals surface area contributed by atoms with Crippen molar-refractivity contribution in [2.45, 2.75) is 84.2 Å². The summed E-state index contributed by atoms with van der Waals surface area (Å²) in [5.41, 5.74) is 10.4. The molecule has 0 bridgehead atoms. The normalized spacial score (nSPS) is 21.2. The van der Waals surface area contributed by atoms with Gasteiger partial charge < -0.3 is 9.72 Å². The van der Waals surface area contributed by atoms with Gasteiger partial charge in [0.1, 0.15) is 6.33 Å². The van der Waals surface area contributed by atoms with Crippen LogP contribution in [-0.2, 0) is 4.74 Å². The predicted molar refractivity (Wildman–Crippen MR) is 144 cm³/mol. The number of hydrogen-bond acceptors (Lipinski definition) is 5. The number of hydrogen-bond donors (Lipinski definition) is 1. The van der Waals surface area contributed by atoms with Gasteiger partial charge in [0.2, 0.25) is 0 Å². The van der Waals surface area contributed by atoms with Gasteiger partial charge in [0.25, 0.3) is 0 Å². The molecular formula is C29H38N6O. The van der Waals surface area contributed by atoms with Crippen LogP contribution in [0, 0.1) is 13.8 Å². The smallest absolute Gasteiger partial charge is 0.158 e. The van der Waals surface area contributed by atoms with Crippen molar-refractivity contribution in [3.8, 4) is 11.3 Å². The van der Waals surface area contributed by atoms with E-state index in [1.807, 2.05) is 4.52 Å². The lowest BCUT2D eigenvalue weighted by atomic mass is 9.82. The molecule has 6 rings (SSSR count). The first-order chi connectivity index (χ1) is 17.5. The third-order valence-corrected chi connectivity index (χ3v) is 8.71. The fourth-order valence-corrected chi connectivity index (χ4v) is 6.49. The van der Waals surface area contributed by atoms with Crippen LogP contribution in [0.4, 0.5) is 0 Å². The second-order valence-corrected chi connectivity index (χ2v) is 11.0. The van der Waals surface area contributed by atoms with Gasteiger partial charge >= 0.3 is 0 Å². The Balaban J connectivity index is 1.33. The van der Waals surface area contributed by atoms with Crippen LogP contribution in [0.25, 0.3) is 27.9 Å². The van der Waals surface area contributed by atoms with Crippen LogP contribution >= 0.6 is 0 Å². The lowest BCUT2D eigenvalue weighted by molar-refractivity contribution is -0.0824. The molecule has 0 aromatic carbocycles. The maximum Gasteiger partial charge on any atom is 0.158 e. The maximum absolute atomic E-state index is 5.47. The number of nitrogens with zero attached hydrogens (tertiary/aromatic N) is 5. The van der Waals surface area contributed by atoms with Crippen molar-refractivity contribution in [2.24, 2.45) is 0 Å². The molecule has 5 heterocycles. The molecule has 0 spiro atoms. The molecule has 2 fully saturated rings. The third-order valence-electron chi connectivity index (χ3n) is 8.71. The number of rotatable bonds is 6. The molecule has 1 aliphatic carbocycles. The van der Waals surface area contributed by atoms with Gasteiger partial charge in [-0.15, -0.1) is 0 Å². The zero-order valence-corrected chi connectivity index (χ0v) is 22.2.